The zero-order valence-corrected chi connectivity index (χ0v) is 34.0. The van der Waals surface area contributed by atoms with Crippen molar-refractivity contribution in [1.82, 2.24) is 25.8 Å². The van der Waals surface area contributed by atoms with Gasteiger partial charge in [0.05, 0.1) is 28.8 Å². The van der Waals surface area contributed by atoms with Gasteiger partial charge in [0, 0.05) is 45.3 Å². The van der Waals surface area contributed by atoms with Gasteiger partial charge in [-0.15, -0.1) is 23.2 Å². The number of alkyl carbamates (subject to hydrolysis) is 1. The van der Waals surface area contributed by atoms with Crippen LogP contribution in [0.3, 0.4) is 0 Å². The first-order valence-electron chi connectivity index (χ1n) is 20.3. The van der Waals surface area contributed by atoms with Crippen LogP contribution in [-0.2, 0) is 25.7 Å². The van der Waals surface area contributed by atoms with E-state index in [0.29, 0.717) is 43.9 Å². The van der Waals surface area contributed by atoms with Crippen LogP contribution in [0.2, 0.25) is 0 Å². The fourth-order valence-electron chi connectivity index (χ4n) is 8.00. The van der Waals surface area contributed by atoms with Crippen molar-refractivity contribution < 1.29 is 29.0 Å². The number of fused-ring (bicyclic) bond motifs is 1. The molecule has 0 radical (unpaired) electrons. The molecule has 0 bridgehead atoms. The van der Waals surface area contributed by atoms with E-state index >= 15 is 0 Å². The highest BCUT2D eigenvalue weighted by atomic mass is 32.1. The highest BCUT2D eigenvalue weighted by Gasteiger charge is 2.49. The summed E-state index contributed by atoms with van der Waals surface area (Å²) in [5, 5.41) is 19.3. The largest absolute Gasteiger partial charge is 0.449 e. The number of carbonyl (C=O) groups is 4. The Kier molecular flexibility index (Phi) is 15.6. The van der Waals surface area contributed by atoms with Gasteiger partial charge < -0.3 is 30.7 Å². The average molecular weight is 776 g/mol. The van der Waals surface area contributed by atoms with Crippen molar-refractivity contribution in [2.24, 2.45) is 23.2 Å². The number of β-amino-alcohol motifs (C(OH)–C–C–N with tert-alkyl or cyclic N) is 1. The number of hydrogen-bond acceptors (Lipinski definition) is 8. The predicted octanol–water partition coefficient (Wildman–Crippen LogP) is 6.51. The molecular weight excluding hydrogens is 715 g/mol. The Labute approximate surface area is 331 Å². The Morgan fingerprint density at radius 2 is 1.62 bits per heavy atom. The number of ether oxygens (including phenoxy) is 1. The summed E-state index contributed by atoms with van der Waals surface area (Å²) >= 11 is 1.59. The smallest absolute Gasteiger partial charge is 0.407 e. The number of aryl methyl sites for hydroxylation is 1. The molecule has 300 valence electrons. The van der Waals surface area contributed by atoms with Gasteiger partial charge in [-0.25, -0.2) is 9.78 Å². The van der Waals surface area contributed by atoms with E-state index in [0.717, 1.165) is 92.3 Å². The molecule has 4 N–H and O–H groups in total. The molecule has 1 saturated carbocycles. The lowest BCUT2D eigenvalue weighted by molar-refractivity contribution is -0.144. The lowest BCUT2D eigenvalue weighted by Gasteiger charge is -2.35. The Balaban J connectivity index is 0.947. The number of unbranched alkanes of at least 4 members (excludes halogenated alkanes) is 6. The zero-order chi connectivity index (χ0) is 39.4. The summed E-state index contributed by atoms with van der Waals surface area (Å²) < 4.78 is 5.50. The summed E-state index contributed by atoms with van der Waals surface area (Å²) in [4.78, 5) is 59.3. The topological polar surface area (TPSA) is 150 Å². The molecule has 4 amide bonds. The predicted molar refractivity (Wildman–Crippen MR) is 215 cm³/mol. The third-order valence-electron chi connectivity index (χ3n) is 11.3. The maximum absolute atomic E-state index is 13.9. The number of thiazole rings is 1. The minimum Gasteiger partial charge on any atom is -0.449 e. The van der Waals surface area contributed by atoms with Crippen LogP contribution in [0.25, 0.3) is 10.4 Å². The molecule has 1 aliphatic heterocycles. The molecule has 12 heteroatoms. The van der Waals surface area contributed by atoms with Crippen LogP contribution in [0.1, 0.15) is 115 Å². The number of amides is 4. The first kappa shape index (κ1) is 42.2. The molecule has 0 spiro atoms. The monoisotopic (exact) mass is 775 g/mol. The first-order chi connectivity index (χ1) is 26.4. The number of rotatable bonds is 18. The molecule has 2 aliphatic carbocycles. The molecule has 6 atom stereocenters. The van der Waals surface area contributed by atoms with E-state index < -0.39 is 23.6 Å². The van der Waals surface area contributed by atoms with Gasteiger partial charge in [0.15, 0.2) is 0 Å². The van der Waals surface area contributed by atoms with Crippen LogP contribution >= 0.6 is 11.3 Å². The van der Waals surface area contributed by atoms with Crippen molar-refractivity contribution in [3.05, 3.63) is 41.0 Å². The van der Waals surface area contributed by atoms with Gasteiger partial charge in [0.2, 0.25) is 17.7 Å². The summed E-state index contributed by atoms with van der Waals surface area (Å²) in [5.41, 5.74) is 4.19. The van der Waals surface area contributed by atoms with E-state index in [1.807, 2.05) is 57.5 Å². The molecule has 1 aromatic carbocycles. The van der Waals surface area contributed by atoms with Crippen molar-refractivity contribution >= 4 is 35.2 Å². The number of likely N-dealkylation sites (tertiary alicyclic amines) is 1. The van der Waals surface area contributed by atoms with Crippen molar-refractivity contribution in [3.63, 3.8) is 0 Å². The van der Waals surface area contributed by atoms with Gasteiger partial charge in [-0.2, -0.15) is 0 Å². The van der Waals surface area contributed by atoms with Crippen LogP contribution in [0, 0.1) is 41.9 Å². The molecule has 2 aromatic rings. The lowest BCUT2D eigenvalue weighted by atomic mass is 9.85. The van der Waals surface area contributed by atoms with Crippen LogP contribution in [0.5, 0.6) is 0 Å². The second kappa shape index (κ2) is 20.3. The normalized spacial score (nSPS) is 22.3. The van der Waals surface area contributed by atoms with Crippen molar-refractivity contribution in [2.45, 2.75) is 136 Å². The lowest BCUT2D eigenvalue weighted by Crippen LogP contribution is -2.57. The number of carbonyl (C=O) groups excluding carboxylic acids is 4. The molecule has 1 aromatic heterocycles. The summed E-state index contributed by atoms with van der Waals surface area (Å²) in [6, 6.07) is 6.28. The third kappa shape index (κ3) is 12.5. The number of aliphatic hydroxyl groups is 1. The van der Waals surface area contributed by atoms with Gasteiger partial charge in [0.1, 0.15) is 12.1 Å². The zero-order valence-electron chi connectivity index (χ0n) is 33.2. The van der Waals surface area contributed by atoms with E-state index in [1.54, 1.807) is 11.3 Å². The summed E-state index contributed by atoms with van der Waals surface area (Å²) in [7, 11) is 0. The standard InChI is InChI=1S/C43H61N5O6S/c1-29-38(55-28-46-29)31-21-19-30(20-22-31)25-45-40(51)36-24-32(49)26-48(36)41(52)39(43(2,3)4)47-37(50)18-14-8-6-5-7-11-15-23-44-42(53)54-27-35-33-16-12-9-10-13-17-34(33)35/h19-22,28,32-36,39,49H,5-8,11-18,23-27H2,1-4H3,(H,44,53)(H,45,51)(H,47,50)/t32-,33-,34+,35?,36+,39-/m1/s1. The van der Waals surface area contributed by atoms with Crippen molar-refractivity contribution in [2.75, 3.05) is 19.7 Å². The molecule has 5 rings (SSSR count). The number of nitrogens with zero attached hydrogens (tertiary/aromatic N) is 2. The minimum absolute atomic E-state index is 0.0418. The Morgan fingerprint density at radius 1 is 0.964 bits per heavy atom. The number of hydrogen-bond donors (Lipinski definition) is 4. The van der Waals surface area contributed by atoms with Gasteiger partial charge in [-0.05, 0) is 66.9 Å². The number of aliphatic hydroxyl groups excluding tert-OH is 1. The summed E-state index contributed by atoms with van der Waals surface area (Å²) in [5.74, 6) is 7.41. The molecule has 1 unspecified atom stereocenters. The Hall–Kier alpha value is -3.95. The van der Waals surface area contributed by atoms with E-state index in [9.17, 15) is 24.3 Å². The number of nitrogens with one attached hydrogen (secondary N) is 3. The first-order valence-corrected chi connectivity index (χ1v) is 21.2. The highest BCUT2D eigenvalue weighted by molar-refractivity contribution is 7.13. The van der Waals surface area contributed by atoms with Crippen LogP contribution in [0.4, 0.5) is 4.79 Å². The average Bonchev–Trinajstić information content (AvgIpc) is 3.39. The molecular formula is C43H61N5O6S. The van der Waals surface area contributed by atoms with Gasteiger partial charge in [0.25, 0.3) is 0 Å². The molecule has 55 heavy (non-hydrogen) atoms. The van der Waals surface area contributed by atoms with Crippen molar-refractivity contribution in [1.29, 1.82) is 0 Å². The molecule has 2 heterocycles. The van der Waals surface area contributed by atoms with E-state index in [-0.39, 0.29) is 36.8 Å². The van der Waals surface area contributed by atoms with Crippen molar-refractivity contribution in [3.8, 4) is 22.3 Å². The van der Waals surface area contributed by atoms with Gasteiger partial charge in [-0.1, -0.05) is 77.1 Å². The fraction of sp³-hybridized carbons (Fsp3) is 0.651. The van der Waals surface area contributed by atoms with E-state index in [4.69, 9.17) is 4.74 Å². The minimum atomic E-state index is -0.837. The maximum Gasteiger partial charge on any atom is 0.407 e. The third-order valence-corrected chi connectivity index (χ3v) is 12.3. The van der Waals surface area contributed by atoms with Crippen LogP contribution in [-0.4, -0.2) is 76.7 Å². The molecule has 1 saturated heterocycles. The summed E-state index contributed by atoms with van der Waals surface area (Å²) in [6.45, 7) is 9.12. The Bertz CT molecular complexity index is 1640. The van der Waals surface area contributed by atoms with Gasteiger partial charge in [-0.3, -0.25) is 14.4 Å². The molecule has 2 fully saturated rings. The molecule has 11 nitrogen and oxygen atoms in total. The fourth-order valence-corrected chi connectivity index (χ4v) is 8.82. The SMILES string of the molecule is Cc1ncsc1-c1ccc(CNC(=O)[C@@H]2C[C@@H](O)CN2C(=O)[C@@H](NC(=O)CCCCCCCCCNC(=O)OCC2[C@H]3CCC#CCC[C@@H]23)C(C)(C)C)cc1. The highest BCUT2D eigenvalue weighted by Crippen LogP contribution is 2.52. The number of benzene rings is 1. The summed E-state index contributed by atoms with van der Waals surface area (Å²) in [6.07, 6.45) is 10.2. The van der Waals surface area contributed by atoms with Gasteiger partial charge >= 0.3 is 6.09 Å². The van der Waals surface area contributed by atoms with E-state index in [1.165, 1.54) is 4.90 Å². The molecule has 3 aliphatic rings. The second-order valence-corrected chi connectivity index (χ2v) is 17.5. The maximum atomic E-state index is 13.9. The van der Waals surface area contributed by atoms with E-state index in [2.05, 4.69) is 32.8 Å². The quantitative estimate of drug-likeness (QED) is 0.0996. The van der Waals surface area contributed by atoms with Crippen LogP contribution < -0.4 is 16.0 Å². The number of aromatic nitrogens is 1. The Morgan fingerprint density at radius 3 is 2.25 bits per heavy atom. The second-order valence-electron chi connectivity index (χ2n) is 16.6. The van der Waals surface area contributed by atoms with Crippen LogP contribution in [0.15, 0.2) is 29.8 Å².